The average Bonchev–Trinajstić information content (AvgIpc) is 3.74. The second kappa shape index (κ2) is 9.82. The summed E-state index contributed by atoms with van der Waals surface area (Å²) < 4.78 is 60.9. The van der Waals surface area contributed by atoms with Gasteiger partial charge in [0.2, 0.25) is 11.8 Å². The molecule has 0 spiro atoms. The summed E-state index contributed by atoms with van der Waals surface area (Å²) in [4.78, 5) is 30.6. The van der Waals surface area contributed by atoms with Crippen LogP contribution in [0.1, 0.15) is 12.8 Å². The number of fused-ring (bicyclic) bond motifs is 1. The number of pyridine rings is 1. The third-order valence-corrected chi connectivity index (χ3v) is 6.59. The Kier molecular flexibility index (Phi) is 6.51. The Balaban J connectivity index is 1.57. The molecule has 0 saturated heterocycles. The number of methoxy groups -OCH3 is 2. The van der Waals surface area contributed by atoms with Crippen molar-refractivity contribution in [2.24, 2.45) is 11.1 Å². The third-order valence-electron chi connectivity index (χ3n) is 6.59. The van der Waals surface area contributed by atoms with Crippen LogP contribution in [-0.2, 0) is 9.59 Å². The molecule has 0 atom stereocenters. The Morgan fingerprint density at radius 2 is 1.54 bits per heavy atom. The maximum Gasteiger partial charge on any atom is 0.247 e. The van der Waals surface area contributed by atoms with Crippen LogP contribution < -0.4 is 24.8 Å². The van der Waals surface area contributed by atoms with Gasteiger partial charge in [-0.15, -0.1) is 0 Å². The molecule has 0 radical (unpaired) electrons. The van der Waals surface area contributed by atoms with Crippen molar-refractivity contribution in [1.82, 2.24) is 4.98 Å². The van der Waals surface area contributed by atoms with E-state index in [1.807, 2.05) is 0 Å². The molecule has 1 saturated carbocycles. The van der Waals surface area contributed by atoms with Crippen molar-refractivity contribution in [3.05, 3.63) is 78.2 Å². The van der Waals surface area contributed by atoms with E-state index >= 15 is 8.78 Å². The van der Waals surface area contributed by atoms with Gasteiger partial charge in [-0.3, -0.25) is 19.5 Å². The fraction of sp³-hybridized carbons (Fsp3) is 0.179. The molecule has 1 fully saturated rings. The van der Waals surface area contributed by atoms with E-state index in [0.29, 0.717) is 22.4 Å². The van der Waals surface area contributed by atoms with Crippen molar-refractivity contribution in [2.75, 3.05) is 19.1 Å². The van der Waals surface area contributed by atoms with Gasteiger partial charge in [0.15, 0.2) is 28.9 Å². The first-order valence-electron chi connectivity index (χ1n) is 11.8. The van der Waals surface area contributed by atoms with Gasteiger partial charge in [0.1, 0.15) is 17.0 Å². The summed E-state index contributed by atoms with van der Waals surface area (Å²) in [6.45, 7) is 0. The van der Waals surface area contributed by atoms with E-state index < -0.39 is 46.1 Å². The summed E-state index contributed by atoms with van der Waals surface area (Å²) in [6.07, 6.45) is 1.75. The highest BCUT2D eigenvalue weighted by Crippen LogP contribution is 2.49. The molecule has 39 heavy (non-hydrogen) atoms. The number of amides is 2. The van der Waals surface area contributed by atoms with Crippen LogP contribution in [0.3, 0.4) is 0 Å². The van der Waals surface area contributed by atoms with Crippen LogP contribution in [0.25, 0.3) is 10.9 Å². The first-order valence-corrected chi connectivity index (χ1v) is 11.8. The van der Waals surface area contributed by atoms with Crippen molar-refractivity contribution in [3.8, 4) is 23.0 Å². The number of carbonyl (C=O) groups excluding carboxylic acids is 2. The fourth-order valence-corrected chi connectivity index (χ4v) is 4.28. The van der Waals surface area contributed by atoms with Crippen LogP contribution in [0.2, 0.25) is 0 Å². The molecule has 0 aliphatic heterocycles. The van der Waals surface area contributed by atoms with E-state index in [4.69, 9.17) is 19.9 Å². The van der Waals surface area contributed by atoms with Crippen LogP contribution in [0.5, 0.6) is 23.0 Å². The Bertz CT molecular complexity index is 1610. The summed E-state index contributed by atoms with van der Waals surface area (Å²) in [6, 6.07) is 10.8. The summed E-state index contributed by atoms with van der Waals surface area (Å²) >= 11 is 0. The lowest BCUT2D eigenvalue weighted by atomic mass is 10.0. The quantitative estimate of drug-likeness (QED) is 0.302. The largest absolute Gasteiger partial charge is 0.493 e. The monoisotopic (exact) mass is 537 g/mol. The normalized spacial score (nSPS) is 13.6. The SMILES string of the molecule is COc1cc2nccc(Oc3cc(F)c(N(C(=O)C4(C(N)=O)CC4)c4ccc(F)cc4)cc3F)c2cc1OC. The van der Waals surface area contributed by atoms with Gasteiger partial charge in [-0.1, -0.05) is 0 Å². The van der Waals surface area contributed by atoms with Gasteiger partial charge in [-0.25, -0.2) is 13.2 Å². The number of carbonyl (C=O) groups is 2. The highest BCUT2D eigenvalue weighted by molar-refractivity contribution is 6.16. The van der Waals surface area contributed by atoms with E-state index in [9.17, 15) is 14.0 Å². The van der Waals surface area contributed by atoms with E-state index in [1.165, 1.54) is 38.6 Å². The molecule has 2 amide bonds. The number of hydrogen-bond donors (Lipinski definition) is 1. The van der Waals surface area contributed by atoms with Crippen molar-refractivity contribution in [2.45, 2.75) is 12.8 Å². The lowest BCUT2D eigenvalue weighted by Crippen LogP contribution is -2.41. The molecular formula is C28H22F3N3O5. The van der Waals surface area contributed by atoms with Crippen molar-refractivity contribution in [3.63, 3.8) is 0 Å². The van der Waals surface area contributed by atoms with E-state index in [-0.39, 0.29) is 24.3 Å². The number of aromatic nitrogens is 1. The Hall–Kier alpha value is -4.80. The summed E-state index contributed by atoms with van der Waals surface area (Å²) in [7, 11) is 2.92. The van der Waals surface area contributed by atoms with Crippen molar-refractivity contribution >= 4 is 34.1 Å². The fourth-order valence-electron chi connectivity index (χ4n) is 4.28. The molecule has 0 bridgehead atoms. The standard InChI is InChI=1S/C28H22F3N3O5/c1-37-24-11-17-20(14-25(24)38-2)33-10-7-22(17)39-23-13-18(30)21(12-19(23)31)34(16-5-3-15(29)4-6-16)27(36)28(8-9-28)26(32)35/h3-7,10-14H,8-9H2,1-2H3,(H2,32,35). The minimum absolute atomic E-state index is 0.0297. The smallest absolute Gasteiger partial charge is 0.247 e. The lowest BCUT2D eigenvalue weighted by molar-refractivity contribution is -0.133. The number of nitrogens with zero attached hydrogens (tertiary/aromatic N) is 2. The van der Waals surface area contributed by atoms with Gasteiger partial charge in [-0.2, -0.15) is 0 Å². The molecule has 200 valence electrons. The minimum atomic E-state index is -1.55. The van der Waals surface area contributed by atoms with E-state index in [2.05, 4.69) is 4.98 Å². The van der Waals surface area contributed by atoms with Gasteiger partial charge < -0.3 is 19.9 Å². The highest BCUT2D eigenvalue weighted by atomic mass is 19.1. The van der Waals surface area contributed by atoms with Crippen LogP contribution in [0.15, 0.2) is 60.8 Å². The number of benzene rings is 3. The first kappa shape index (κ1) is 25.8. The van der Waals surface area contributed by atoms with Crippen LogP contribution in [0.4, 0.5) is 24.5 Å². The van der Waals surface area contributed by atoms with Crippen LogP contribution in [-0.4, -0.2) is 31.0 Å². The van der Waals surface area contributed by atoms with Crippen LogP contribution >= 0.6 is 0 Å². The number of nitrogens with two attached hydrogens (primary N) is 1. The van der Waals surface area contributed by atoms with Crippen molar-refractivity contribution < 1.29 is 37.0 Å². The first-order chi connectivity index (χ1) is 18.7. The number of rotatable bonds is 8. The molecule has 8 nitrogen and oxygen atoms in total. The van der Waals surface area contributed by atoms with Gasteiger partial charge >= 0.3 is 0 Å². The zero-order valence-corrected chi connectivity index (χ0v) is 20.8. The zero-order chi connectivity index (χ0) is 27.9. The molecule has 0 unspecified atom stereocenters. The van der Waals surface area contributed by atoms with E-state index in [0.717, 1.165) is 29.2 Å². The number of halogens is 3. The second-order valence-corrected chi connectivity index (χ2v) is 8.93. The molecule has 1 aliphatic rings. The van der Waals surface area contributed by atoms with Crippen molar-refractivity contribution in [1.29, 1.82) is 0 Å². The molecule has 11 heteroatoms. The number of ether oxygens (including phenoxy) is 3. The minimum Gasteiger partial charge on any atom is -0.493 e. The second-order valence-electron chi connectivity index (χ2n) is 8.93. The molecule has 4 aromatic rings. The topological polar surface area (TPSA) is 104 Å². The molecule has 1 heterocycles. The van der Waals surface area contributed by atoms with Gasteiger partial charge in [0.05, 0.1) is 25.4 Å². The molecule has 3 aromatic carbocycles. The Morgan fingerprint density at radius 1 is 0.872 bits per heavy atom. The number of hydrogen-bond acceptors (Lipinski definition) is 6. The molecule has 2 N–H and O–H groups in total. The maximum atomic E-state index is 15.6. The van der Waals surface area contributed by atoms with Gasteiger partial charge in [0.25, 0.3) is 0 Å². The van der Waals surface area contributed by atoms with E-state index in [1.54, 1.807) is 12.1 Å². The predicted octanol–water partition coefficient (Wildman–Crippen LogP) is 5.39. The Morgan fingerprint density at radius 3 is 2.15 bits per heavy atom. The van der Waals surface area contributed by atoms with Crippen LogP contribution in [0, 0.1) is 22.9 Å². The molecule has 5 rings (SSSR count). The molecular weight excluding hydrogens is 515 g/mol. The summed E-state index contributed by atoms with van der Waals surface area (Å²) in [5.41, 5.74) is 3.90. The molecule has 1 aliphatic carbocycles. The highest BCUT2D eigenvalue weighted by Gasteiger charge is 2.57. The zero-order valence-electron chi connectivity index (χ0n) is 20.8. The third kappa shape index (κ3) is 4.56. The number of anilines is 2. The molecule has 1 aromatic heterocycles. The maximum absolute atomic E-state index is 15.6. The predicted molar refractivity (Wildman–Crippen MR) is 136 cm³/mol. The number of primary amides is 1. The lowest BCUT2D eigenvalue weighted by Gasteiger charge is -2.27. The average molecular weight is 537 g/mol. The Labute approximate surface area is 220 Å². The van der Waals surface area contributed by atoms with Gasteiger partial charge in [-0.05, 0) is 49.2 Å². The van der Waals surface area contributed by atoms with Gasteiger partial charge in [0, 0.05) is 35.5 Å². The summed E-state index contributed by atoms with van der Waals surface area (Å²) in [5, 5.41) is 0.444. The summed E-state index contributed by atoms with van der Waals surface area (Å²) in [5.74, 6) is -3.86.